The lowest BCUT2D eigenvalue weighted by Crippen LogP contribution is -2.50. The van der Waals surface area contributed by atoms with Crippen LogP contribution in [0.2, 0.25) is 0 Å². The summed E-state index contributed by atoms with van der Waals surface area (Å²) in [5, 5.41) is 14.6. The molecule has 1 N–H and O–H groups in total. The first-order valence-electron chi connectivity index (χ1n) is 12.3. The Labute approximate surface area is 229 Å². The molecule has 0 saturated carbocycles. The molecule has 1 fully saturated rings. The van der Waals surface area contributed by atoms with E-state index in [0.717, 1.165) is 28.9 Å². The van der Waals surface area contributed by atoms with Crippen molar-refractivity contribution in [2.45, 2.75) is 32.1 Å². The van der Waals surface area contributed by atoms with Crippen molar-refractivity contribution in [1.29, 1.82) is 0 Å². The molecule has 4 aromatic rings. The SMILES string of the molecule is CC(=O)N1CC(n2nncc2-c2cncc(-n3nc(C(=O)N[C@H](C)c4cccc(C(F)(F)F)c4F)ccc3=O)c2)C1. The smallest absolute Gasteiger partial charge is 0.344 e. The highest BCUT2D eigenvalue weighted by Crippen LogP contribution is 2.34. The van der Waals surface area contributed by atoms with E-state index in [1.165, 1.54) is 32.4 Å². The number of pyridine rings is 1. The number of hydrogen-bond acceptors (Lipinski definition) is 7. The molecule has 15 heteroatoms. The molecule has 1 saturated heterocycles. The highest BCUT2D eigenvalue weighted by molar-refractivity contribution is 5.92. The highest BCUT2D eigenvalue weighted by Gasteiger charge is 2.36. The number of hydrogen-bond donors (Lipinski definition) is 1. The first-order chi connectivity index (χ1) is 19.4. The Kier molecular flexibility index (Phi) is 7.11. The van der Waals surface area contributed by atoms with Crippen LogP contribution in [0.4, 0.5) is 17.6 Å². The third-order valence-electron chi connectivity index (χ3n) is 6.67. The van der Waals surface area contributed by atoms with E-state index in [0.29, 0.717) is 30.4 Å². The van der Waals surface area contributed by atoms with Gasteiger partial charge in [-0.2, -0.15) is 23.0 Å². The van der Waals surface area contributed by atoms with Gasteiger partial charge >= 0.3 is 6.18 Å². The van der Waals surface area contributed by atoms with Crippen LogP contribution in [0.3, 0.4) is 0 Å². The summed E-state index contributed by atoms with van der Waals surface area (Å²) >= 11 is 0. The van der Waals surface area contributed by atoms with Crippen molar-refractivity contribution in [3.63, 3.8) is 0 Å². The number of rotatable bonds is 6. The Hall–Kier alpha value is -4.95. The number of likely N-dealkylation sites (tertiary alicyclic amines) is 1. The van der Waals surface area contributed by atoms with Crippen molar-refractivity contribution in [2.75, 3.05) is 13.1 Å². The molecule has 41 heavy (non-hydrogen) atoms. The zero-order valence-electron chi connectivity index (χ0n) is 21.6. The number of nitrogens with one attached hydrogen (secondary N) is 1. The summed E-state index contributed by atoms with van der Waals surface area (Å²) in [5.41, 5.74) is -1.27. The van der Waals surface area contributed by atoms with Crippen LogP contribution in [0.5, 0.6) is 0 Å². The number of benzene rings is 1. The van der Waals surface area contributed by atoms with Crippen LogP contribution in [-0.4, -0.2) is 59.6 Å². The van der Waals surface area contributed by atoms with E-state index in [2.05, 4.69) is 25.7 Å². The molecule has 1 aliphatic rings. The lowest BCUT2D eigenvalue weighted by molar-refractivity contribution is -0.140. The minimum absolute atomic E-state index is 0.0460. The molecule has 2 amide bonds. The predicted octanol–water partition coefficient (Wildman–Crippen LogP) is 2.94. The van der Waals surface area contributed by atoms with E-state index in [-0.39, 0.29) is 28.9 Å². The molecule has 1 atom stereocenters. The Morgan fingerprint density at radius 2 is 1.85 bits per heavy atom. The average molecular weight is 571 g/mol. The fraction of sp³-hybridized carbons (Fsp3) is 0.269. The van der Waals surface area contributed by atoms with E-state index in [4.69, 9.17) is 0 Å². The van der Waals surface area contributed by atoms with Crippen LogP contribution in [0.1, 0.15) is 47.5 Å². The molecular weight excluding hydrogens is 548 g/mol. The molecule has 0 radical (unpaired) electrons. The number of aromatic nitrogens is 6. The summed E-state index contributed by atoms with van der Waals surface area (Å²) in [4.78, 5) is 43.0. The van der Waals surface area contributed by atoms with Crippen LogP contribution < -0.4 is 10.9 Å². The molecular formula is C26H22F4N8O3. The summed E-state index contributed by atoms with van der Waals surface area (Å²) in [6.45, 7) is 3.75. The molecule has 3 aromatic heterocycles. The van der Waals surface area contributed by atoms with Crippen molar-refractivity contribution < 1.29 is 27.2 Å². The monoisotopic (exact) mass is 570 g/mol. The van der Waals surface area contributed by atoms with E-state index in [1.807, 2.05) is 0 Å². The Morgan fingerprint density at radius 3 is 2.56 bits per heavy atom. The van der Waals surface area contributed by atoms with Gasteiger partial charge in [-0.05, 0) is 25.1 Å². The van der Waals surface area contributed by atoms with Gasteiger partial charge in [0, 0.05) is 43.4 Å². The van der Waals surface area contributed by atoms with Gasteiger partial charge < -0.3 is 10.2 Å². The van der Waals surface area contributed by atoms with Gasteiger partial charge in [0.2, 0.25) is 5.91 Å². The van der Waals surface area contributed by atoms with Crippen LogP contribution in [0.15, 0.2) is 59.8 Å². The third-order valence-corrected chi connectivity index (χ3v) is 6.67. The third kappa shape index (κ3) is 5.42. The van der Waals surface area contributed by atoms with Crippen molar-refractivity contribution in [3.8, 4) is 16.9 Å². The number of amides is 2. The number of nitrogens with zero attached hydrogens (tertiary/aromatic N) is 7. The number of carbonyl (C=O) groups excluding carboxylic acids is 2. The first-order valence-corrected chi connectivity index (χ1v) is 12.3. The van der Waals surface area contributed by atoms with Gasteiger partial charge in [-0.25, -0.2) is 9.07 Å². The molecule has 1 aromatic carbocycles. The molecule has 0 unspecified atom stereocenters. The summed E-state index contributed by atoms with van der Waals surface area (Å²) in [6.07, 6.45) is -0.488. The normalized spacial score (nSPS) is 14.4. The maximum Gasteiger partial charge on any atom is 0.419 e. The Morgan fingerprint density at radius 1 is 1.10 bits per heavy atom. The molecule has 11 nitrogen and oxygen atoms in total. The van der Waals surface area contributed by atoms with Crippen molar-refractivity contribution in [3.05, 3.63) is 88.0 Å². The maximum atomic E-state index is 14.6. The van der Waals surface area contributed by atoms with Gasteiger partial charge in [0.25, 0.3) is 11.5 Å². The van der Waals surface area contributed by atoms with E-state index >= 15 is 0 Å². The van der Waals surface area contributed by atoms with Crippen molar-refractivity contribution in [1.82, 2.24) is 40.0 Å². The summed E-state index contributed by atoms with van der Waals surface area (Å²) in [6, 6.07) is 5.42. The zero-order valence-corrected chi connectivity index (χ0v) is 21.6. The molecule has 0 aliphatic carbocycles. The Bertz CT molecular complexity index is 1690. The van der Waals surface area contributed by atoms with Crippen molar-refractivity contribution >= 4 is 11.8 Å². The quantitative estimate of drug-likeness (QED) is 0.353. The molecule has 5 rings (SSSR count). The fourth-order valence-electron chi connectivity index (χ4n) is 4.44. The van der Waals surface area contributed by atoms with Gasteiger partial charge in [-0.1, -0.05) is 17.3 Å². The maximum absolute atomic E-state index is 14.6. The molecule has 4 heterocycles. The summed E-state index contributed by atoms with van der Waals surface area (Å²) in [5.74, 6) is -2.37. The lowest BCUT2D eigenvalue weighted by atomic mass is 10.0. The molecule has 212 valence electrons. The van der Waals surface area contributed by atoms with E-state index < -0.39 is 35.1 Å². The van der Waals surface area contributed by atoms with Gasteiger partial charge in [0.05, 0.1) is 41.4 Å². The number of halogens is 4. The molecule has 1 aliphatic heterocycles. The zero-order chi connectivity index (χ0) is 29.5. The molecule has 0 bridgehead atoms. The Balaban J connectivity index is 1.39. The second kappa shape index (κ2) is 10.6. The summed E-state index contributed by atoms with van der Waals surface area (Å²) < 4.78 is 56.5. The van der Waals surface area contributed by atoms with Gasteiger partial charge in [-0.3, -0.25) is 19.4 Å². The highest BCUT2D eigenvalue weighted by atomic mass is 19.4. The second-order valence-electron chi connectivity index (χ2n) is 9.44. The largest absolute Gasteiger partial charge is 0.419 e. The van der Waals surface area contributed by atoms with Crippen LogP contribution in [0, 0.1) is 5.82 Å². The second-order valence-corrected chi connectivity index (χ2v) is 9.44. The number of carbonyl (C=O) groups is 2. The van der Waals surface area contributed by atoms with Crippen LogP contribution in [-0.2, 0) is 11.0 Å². The fourth-order valence-corrected chi connectivity index (χ4v) is 4.44. The van der Waals surface area contributed by atoms with Crippen LogP contribution in [0.25, 0.3) is 16.9 Å². The lowest BCUT2D eigenvalue weighted by Gasteiger charge is -2.38. The average Bonchev–Trinajstić information content (AvgIpc) is 3.36. The minimum Gasteiger partial charge on any atom is -0.344 e. The number of alkyl halides is 3. The van der Waals surface area contributed by atoms with E-state index in [9.17, 15) is 31.9 Å². The first kappa shape index (κ1) is 27.6. The van der Waals surface area contributed by atoms with Crippen LogP contribution >= 0.6 is 0 Å². The van der Waals surface area contributed by atoms with E-state index in [1.54, 1.807) is 15.6 Å². The molecule has 0 spiro atoms. The topological polar surface area (TPSA) is 128 Å². The van der Waals surface area contributed by atoms with Gasteiger partial charge in [-0.15, -0.1) is 5.10 Å². The minimum atomic E-state index is -4.90. The van der Waals surface area contributed by atoms with Crippen molar-refractivity contribution in [2.24, 2.45) is 0 Å². The summed E-state index contributed by atoms with van der Waals surface area (Å²) in [7, 11) is 0. The van der Waals surface area contributed by atoms with Gasteiger partial charge in [0.15, 0.2) is 0 Å². The predicted molar refractivity (Wildman–Crippen MR) is 135 cm³/mol. The van der Waals surface area contributed by atoms with Gasteiger partial charge in [0.1, 0.15) is 11.5 Å². The standard InChI is InChI=1S/C26H22F4N8O3/c1-14(19-4-3-5-20(24(19)27)26(28,29)30)33-25(41)21-6-7-23(40)38(34-21)17-8-16(9-31-10-17)22-11-32-35-37(22)18-12-36(13-18)15(2)39/h3-11,14,18H,12-13H2,1-2H3,(H,33,41)/t14-/m1/s1.